The highest BCUT2D eigenvalue weighted by molar-refractivity contribution is 9.10. The van der Waals surface area contributed by atoms with E-state index in [1.807, 2.05) is 6.92 Å². The second-order valence-electron chi connectivity index (χ2n) is 3.11. The zero-order chi connectivity index (χ0) is 11.4. The van der Waals surface area contributed by atoms with Crippen LogP contribution in [0.15, 0.2) is 35.3 Å². The van der Waals surface area contributed by atoms with E-state index in [-0.39, 0.29) is 17.8 Å². The van der Waals surface area contributed by atoms with E-state index in [2.05, 4.69) is 27.8 Å². The van der Waals surface area contributed by atoms with Crippen LogP contribution in [-0.2, 0) is 4.79 Å². The number of hydrogen-bond acceptors (Lipinski definition) is 1. The van der Waals surface area contributed by atoms with Crippen molar-refractivity contribution in [2.45, 2.75) is 13.0 Å². The highest BCUT2D eigenvalue weighted by atomic mass is 79.9. The molecule has 1 aromatic rings. The van der Waals surface area contributed by atoms with Crippen molar-refractivity contribution in [2.75, 3.05) is 0 Å². The Morgan fingerprint density at radius 3 is 2.87 bits per heavy atom. The van der Waals surface area contributed by atoms with E-state index in [1.54, 1.807) is 12.1 Å². The molecule has 0 saturated heterocycles. The molecule has 0 aliphatic rings. The van der Waals surface area contributed by atoms with Crippen LogP contribution in [0.5, 0.6) is 0 Å². The predicted molar refractivity (Wildman–Crippen MR) is 60.9 cm³/mol. The third-order valence-corrected chi connectivity index (χ3v) is 2.60. The summed E-state index contributed by atoms with van der Waals surface area (Å²) in [6.45, 7) is 5.18. The van der Waals surface area contributed by atoms with Crippen molar-refractivity contribution in [1.82, 2.24) is 5.32 Å². The van der Waals surface area contributed by atoms with E-state index >= 15 is 0 Å². The molecule has 1 amide bonds. The summed E-state index contributed by atoms with van der Waals surface area (Å²) < 4.78 is 13.3. The minimum atomic E-state index is -0.319. The maximum Gasteiger partial charge on any atom is 0.243 e. The van der Waals surface area contributed by atoms with Crippen molar-refractivity contribution >= 4 is 21.8 Å². The van der Waals surface area contributed by atoms with Crippen molar-refractivity contribution in [3.05, 3.63) is 46.7 Å². The monoisotopic (exact) mass is 271 g/mol. The molecule has 0 bridgehead atoms. The van der Waals surface area contributed by atoms with E-state index < -0.39 is 0 Å². The molecule has 0 spiro atoms. The third kappa shape index (κ3) is 3.16. The summed E-state index contributed by atoms with van der Waals surface area (Å²) in [5.74, 6) is -0.566. The second-order valence-corrected chi connectivity index (χ2v) is 3.96. The van der Waals surface area contributed by atoms with Gasteiger partial charge in [0.2, 0.25) is 5.91 Å². The first kappa shape index (κ1) is 11.9. The first-order valence-corrected chi connectivity index (χ1v) is 5.21. The van der Waals surface area contributed by atoms with Crippen molar-refractivity contribution in [3.8, 4) is 0 Å². The van der Waals surface area contributed by atoms with E-state index in [1.165, 1.54) is 12.1 Å². The Balaban J connectivity index is 2.82. The summed E-state index contributed by atoms with van der Waals surface area (Å²) in [6.07, 6.45) is 1.20. The van der Waals surface area contributed by atoms with E-state index in [9.17, 15) is 9.18 Å². The number of benzene rings is 1. The Morgan fingerprint density at radius 1 is 1.67 bits per heavy atom. The number of halogens is 2. The number of rotatable bonds is 3. The van der Waals surface area contributed by atoms with Gasteiger partial charge in [-0.3, -0.25) is 4.79 Å². The van der Waals surface area contributed by atoms with Crippen LogP contribution in [0.3, 0.4) is 0 Å². The topological polar surface area (TPSA) is 29.1 Å². The van der Waals surface area contributed by atoms with E-state index in [4.69, 9.17) is 0 Å². The molecule has 80 valence electrons. The lowest BCUT2D eigenvalue weighted by atomic mass is 10.1. The van der Waals surface area contributed by atoms with Crippen LogP contribution in [-0.4, -0.2) is 5.91 Å². The van der Waals surface area contributed by atoms with Crippen molar-refractivity contribution in [3.63, 3.8) is 0 Å². The Labute approximate surface area is 96.3 Å². The van der Waals surface area contributed by atoms with Gasteiger partial charge < -0.3 is 5.32 Å². The lowest BCUT2D eigenvalue weighted by Gasteiger charge is -2.13. The fraction of sp³-hybridized carbons (Fsp3) is 0.182. The smallest absolute Gasteiger partial charge is 0.243 e. The number of hydrogen-bond donors (Lipinski definition) is 1. The van der Waals surface area contributed by atoms with Gasteiger partial charge in [0.05, 0.1) is 10.5 Å². The van der Waals surface area contributed by atoms with Gasteiger partial charge in [-0.1, -0.05) is 12.6 Å². The molecular formula is C11H11BrFNO. The van der Waals surface area contributed by atoms with Crippen LogP contribution in [0.2, 0.25) is 0 Å². The van der Waals surface area contributed by atoms with Gasteiger partial charge in [-0.25, -0.2) is 4.39 Å². The van der Waals surface area contributed by atoms with Crippen LogP contribution in [0.25, 0.3) is 0 Å². The number of carbonyl (C=O) groups excluding carboxylic acids is 1. The largest absolute Gasteiger partial charge is 0.346 e. The number of carbonyl (C=O) groups is 1. The predicted octanol–water partition coefficient (Wildman–Crippen LogP) is 2.95. The van der Waals surface area contributed by atoms with E-state index in [0.717, 1.165) is 5.56 Å². The molecule has 1 rings (SSSR count). The quantitative estimate of drug-likeness (QED) is 0.842. The lowest BCUT2D eigenvalue weighted by molar-refractivity contribution is -0.117. The molecule has 15 heavy (non-hydrogen) atoms. The molecule has 4 heteroatoms. The van der Waals surface area contributed by atoms with Crippen molar-refractivity contribution in [1.29, 1.82) is 0 Å². The Hall–Kier alpha value is -1.16. The second kappa shape index (κ2) is 5.07. The zero-order valence-corrected chi connectivity index (χ0v) is 9.84. The van der Waals surface area contributed by atoms with Gasteiger partial charge >= 0.3 is 0 Å². The summed E-state index contributed by atoms with van der Waals surface area (Å²) in [5, 5.41) is 2.69. The number of amides is 1. The number of nitrogens with one attached hydrogen (secondary N) is 1. The molecule has 1 aromatic carbocycles. The Bertz CT molecular complexity index is 392. The lowest BCUT2D eigenvalue weighted by Crippen LogP contribution is -2.24. The SMILES string of the molecule is C=CC(=O)N[C@@H](C)c1ccc(F)c(Br)c1. The molecule has 0 radical (unpaired) electrons. The van der Waals surface area contributed by atoms with Gasteiger partial charge in [-0.05, 0) is 46.6 Å². The minimum Gasteiger partial charge on any atom is -0.346 e. The van der Waals surface area contributed by atoms with Crippen LogP contribution in [0.4, 0.5) is 4.39 Å². The molecule has 0 unspecified atom stereocenters. The molecule has 0 heterocycles. The van der Waals surface area contributed by atoms with Crippen LogP contribution in [0, 0.1) is 5.82 Å². The van der Waals surface area contributed by atoms with Crippen molar-refractivity contribution < 1.29 is 9.18 Å². The van der Waals surface area contributed by atoms with Crippen LogP contribution < -0.4 is 5.32 Å². The summed E-state index contributed by atoms with van der Waals surface area (Å²) >= 11 is 3.09. The molecule has 0 saturated carbocycles. The highest BCUT2D eigenvalue weighted by Crippen LogP contribution is 2.21. The fourth-order valence-corrected chi connectivity index (χ4v) is 1.53. The summed E-state index contributed by atoms with van der Waals surface area (Å²) in [4.78, 5) is 11.0. The average Bonchev–Trinajstić information content (AvgIpc) is 2.21. The molecule has 1 atom stereocenters. The summed E-state index contributed by atoms with van der Waals surface area (Å²) in [7, 11) is 0. The zero-order valence-electron chi connectivity index (χ0n) is 8.26. The van der Waals surface area contributed by atoms with Gasteiger partial charge in [-0.15, -0.1) is 0 Å². The maximum absolute atomic E-state index is 12.9. The van der Waals surface area contributed by atoms with Gasteiger partial charge in [-0.2, -0.15) is 0 Å². The third-order valence-electron chi connectivity index (χ3n) is 1.99. The van der Waals surface area contributed by atoms with Gasteiger partial charge in [0.15, 0.2) is 0 Å². The normalized spacial score (nSPS) is 11.9. The molecule has 1 N–H and O–H groups in total. The first-order valence-electron chi connectivity index (χ1n) is 4.42. The van der Waals surface area contributed by atoms with Gasteiger partial charge in [0.1, 0.15) is 5.82 Å². The van der Waals surface area contributed by atoms with Crippen LogP contribution in [0.1, 0.15) is 18.5 Å². The molecule has 0 aliphatic heterocycles. The van der Waals surface area contributed by atoms with Crippen molar-refractivity contribution in [2.24, 2.45) is 0 Å². The highest BCUT2D eigenvalue weighted by Gasteiger charge is 2.09. The minimum absolute atomic E-state index is 0.174. The first-order chi connectivity index (χ1) is 7.04. The molecule has 2 nitrogen and oxygen atoms in total. The van der Waals surface area contributed by atoms with E-state index in [0.29, 0.717) is 4.47 Å². The van der Waals surface area contributed by atoms with Gasteiger partial charge in [0, 0.05) is 0 Å². The molecular weight excluding hydrogens is 261 g/mol. The standard InChI is InChI=1S/C11H11BrFNO/c1-3-11(15)14-7(2)8-4-5-10(13)9(12)6-8/h3-7H,1H2,2H3,(H,14,15)/t7-/m0/s1. The molecule has 0 fully saturated rings. The van der Waals surface area contributed by atoms with Crippen LogP contribution >= 0.6 is 15.9 Å². The average molecular weight is 272 g/mol. The fourth-order valence-electron chi connectivity index (χ4n) is 1.14. The maximum atomic E-state index is 12.9. The summed E-state index contributed by atoms with van der Waals surface area (Å²) in [6, 6.07) is 4.46. The van der Waals surface area contributed by atoms with Gasteiger partial charge in [0.25, 0.3) is 0 Å². The Kier molecular flexibility index (Phi) is 4.03. The Morgan fingerprint density at radius 2 is 2.33 bits per heavy atom. The summed E-state index contributed by atoms with van der Waals surface area (Å²) in [5.41, 5.74) is 0.832. The molecule has 0 aliphatic carbocycles. The molecule has 0 aromatic heterocycles.